The lowest BCUT2D eigenvalue weighted by Crippen LogP contribution is -2.35. The first-order valence-corrected chi connectivity index (χ1v) is 6.50. The Morgan fingerprint density at radius 3 is 2.20 bits per heavy atom. The smallest absolute Gasteiger partial charge is 0.305 e. The van der Waals surface area contributed by atoms with Crippen molar-refractivity contribution < 1.29 is 28.8 Å². The van der Waals surface area contributed by atoms with Gasteiger partial charge in [0.25, 0.3) is 6.29 Å². The minimum absolute atomic E-state index is 0.00359. The van der Waals surface area contributed by atoms with E-state index in [4.69, 9.17) is 19.2 Å². The van der Waals surface area contributed by atoms with Gasteiger partial charge < -0.3 is 9.47 Å². The van der Waals surface area contributed by atoms with Gasteiger partial charge in [-0.1, -0.05) is 13.8 Å². The molecule has 1 aliphatic heterocycles. The van der Waals surface area contributed by atoms with Crippen molar-refractivity contribution in [1.29, 1.82) is 0 Å². The van der Waals surface area contributed by atoms with Gasteiger partial charge in [-0.15, -0.1) is 0 Å². The minimum atomic E-state index is -1.04. The minimum Gasteiger partial charge on any atom is -0.421 e. The third-order valence-electron chi connectivity index (χ3n) is 2.84. The molecule has 0 aromatic heterocycles. The van der Waals surface area contributed by atoms with Crippen molar-refractivity contribution >= 4 is 11.9 Å². The SMILES string of the molecule is CC(=O)OC(C=C(C)C1CC(C)(C)COO1)OC(C)=O. The van der Waals surface area contributed by atoms with Crippen LogP contribution in [0, 0.1) is 5.41 Å². The maximum absolute atomic E-state index is 11.0. The molecule has 1 heterocycles. The number of carbonyl (C=O) groups is 2. The second-order valence-corrected chi connectivity index (χ2v) is 5.71. The van der Waals surface area contributed by atoms with E-state index in [0.29, 0.717) is 6.61 Å². The van der Waals surface area contributed by atoms with E-state index < -0.39 is 18.2 Å². The molecule has 0 bridgehead atoms. The molecule has 1 atom stereocenters. The van der Waals surface area contributed by atoms with Crippen LogP contribution in [0.1, 0.15) is 41.0 Å². The third-order valence-corrected chi connectivity index (χ3v) is 2.84. The van der Waals surface area contributed by atoms with Gasteiger partial charge >= 0.3 is 11.9 Å². The van der Waals surface area contributed by atoms with Gasteiger partial charge in [0, 0.05) is 13.8 Å². The van der Waals surface area contributed by atoms with Gasteiger partial charge in [-0.2, -0.15) is 0 Å². The molecule has 1 aliphatic rings. The molecule has 0 aliphatic carbocycles. The Morgan fingerprint density at radius 1 is 1.20 bits per heavy atom. The molecular formula is C14H22O6. The number of ether oxygens (including phenoxy) is 2. The fraction of sp³-hybridized carbons (Fsp3) is 0.714. The van der Waals surface area contributed by atoms with Gasteiger partial charge in [-0.25, -0.2) is 9.78 Å². The van der Waals surface area contributed by atoms with Crippen LogP contribution in [0.3, 0.4) is 0 Å². The van der Waals surface area contributed by atoms with Crippen LogP contribution in [-0.2, 0) is 28.8 Å². The Labute approximate surface area is 118 Å². The largest absolute Gasteiger partial charge is 0.421 e. The van der Waals surface area contributed by atoms with E-state index in [1.54, 1.807) is 6.08 Å². The summed E-state index contributed by atoms with van der Waals surface area (Å²) in [7, 11) is 0. The van der Waals surface area contributed by atoms with Gasteiger partial charge in [0.2, 0.25) is 0 Å². The van der Waals surface area contributed by atoms with Crippen molar-refractivity contribution in [1.82, 2.24) is 0 Å². The second kappa shape index (κ2) is 6.85. The van der Waals surface area contributed by atoms with E-state index in [1.807, 2.05) is 6.92 Å². The van der Waals surface area contributed by atoms with Crippen molar-refractivity contribution in [2.24, 2.45) is 5.41 Å². The van der Waals surface area contributed by atoms with Crippen LogP contribution < -0.4 is 0 Å². The summed E-state index contributed by atoms with van der Waals surface area (Å²) in [4.78, 5) is 32.3. The van der Waals surface area contributed by atoms with Crippen LogP contribution in [-0.4, -0.2) is 30.9 Å². The standard InChI is InChI=1S/C14H22O6/c1-9(12-7-14(4,5)8-17-20-12)6-13(18-10(2)15)19-11(3)16/h6,12-13H,7-8H2,1-5H3. The zero-order valence-electron chi connectivity index (χ0n) is 12.6. The second-order valence-electron chi connectivity index (χ2n) is 5.71. The summed E-state index contributed by atoms with van der Waals surface area (Å²) in [5.41, 5.74) is 0.779. The third kappa shape index (κ3) is 5.71. The molecule has 1 saturated heterocycles. The highest BCUT2D eigenvalue weighted by Crippen LogP contribution is 2.32. The Hall–Kier alpha value is -1.40. The first-order chi connectivity index (χ1) is 9.19. The maximum atomic E-state index is 11.0. The topological polar surface area (TPSA) is 71.1 Å². The lowest BCUT2D eigenvalue weighted by Gasteiger charge is -2.34. The normalized spacial score (nSPS) is 22.5. The quantitative estimate of drug-likeness (QED) is 0.341. The molecule has 0 spiro atoms. The number of hydrogen-bond donors (Lipinski definition) is 0. The van der Waals surface area contributed by atoms with Crippen LogP contribution in [0.15, 0.2) is 11.6 Å². The molecule has 0 aromatic carbocycles. The van der Waals surface area contributed by atoms with Crippen LogP contribution in [0.2, 0.25) is 0 Å². The lowest BCUT2D eigenvalue weighted by molar-refractivity contribution is -0.358. The van der Waals surface area contributed by atoms with Gasteiger partial charge in [-0.05, 0) is 30.4 Å². The van der Waals surface area contributed by atoms with E-state index >= 15 is 0 Å². The van der Waals surface area contributed by atoms with Crippen LogP contribution in [0.25, 0.3) is 0 Å². The average molecular weight is 286 g/mol. The molecule has 6 heteroatoms. The van der Waals surface area contributed by atoms with E-state index in [9.17, 15) is 9.59 Å². The Kier molecular flexibility index (Phi) is 5.71. The Balaban J connectivity index is 2.76. The molecule has 1 unspecified atom stereocenters. The Bertz CT molecular complexity index is 382. The lowest BCUT2D eigenvalue weighted by atomic mass is 9.85. The molecular weight excluding hydrogens is 264 g/mol. The van der Waals surface area contributed by atoms with Crippen molar-refractivity contribution in [3.63, 3.8) is 0 Å². The van der Waals surface area contributed by atoms with Gasteiger partial charge in [0.1, 0.15) is 6.10 Å². The highest BCUT2D eigenvalue weighted by Gasteiger charge is 2.31. The average Bonchev–Trinajstić information content (AvgIpc) is 2.25. The summed E-state index contributed by atoms with van der Waals surface area (Å²) in [5, 5.41) is 0. The molecule has 6 nitrogen and oxygen atoms in total. The molecule has 0 saturated carbocycles. The molecule has 0 radical (unpaired) electrons. The Morgan fingerprint density at radius 2 is 1.75 bits per heavy atom. The molecule has 0 amide bonds. The predicted octanol–water partition coefficient (Wildman–Crippen LogP) is 2.13. The van der Waals surface area contributed by atoms with Gasteiger partial charge in [0.15, 0.2) is 0 Å². The van der Waals surface area contributed by atoms with Crippen molar-refractivity contribution in [3.05, 3.63) is 11.6 Å². The highest BCUT2D eigenvalue weighted by atomic mass is 17.2. The maximum Gasteiger partial charge on any atom is 0.305 e. The number of esters is 2. The summed E-state index contributed by atoms with van der Waals surface area (Å²) < 4.78 is 9.84. The van der Waals surface area contributed by atoms with E-state index in [2.05, 4.69) is 13.8 Å². The molecule has 1 rings (SSSR count). The molecule has 0 aromatic rings. The van der Waals surface area contributed by atoms with Crippen LogP contribution >= 0.6 is 0 Å². The number of carbonyl (C=O) groups excluding carboxylic acids is 2. The molecule has 114 valence electrons. The summed E-state index contributed by atoms with van der Waals surface area (Å²) in [5.74, 6) is -1.05. The number of rotatable bonds is 4. The van der Waals surface area contributed by atoms with E-state index in [1.165, 1.54) is 13.8 Å². The zero-order chi connectivity index (χ0) is 15.3. The highest BCUT2D eigenvalue weighted by molar-refractivity contribution is 5.68. The van der Waals surface area contributed by atoms with E-state index in [-0.39, 0.29) is 11.5 Å². The first-order valence-electron chi connectivity index (χ1n) is 6.50. The summed E-state index contributed by atoms with van der Waals surface area (Å²) in [6.07, 6.45) is 1.02. The predicted molar refractivity (Wildman–Crippen MR) is 70.3 cm³/mol. The number of hydrogen-bond acceptors (Lipinski definition) is 6. The van der Waals surface area contributed by atoms with Gasteiger partial charge in [0.05, 0.1) is 6.61 Å². The van der Waals surface area contributed by atoms with E-state index in [0.717, 1.165) is 12.0 Å². The van der Waals surface area contributed by atoms with Crippen molar-refractivity contribution in [3.8, 4) is 0 Å². The summed E-state index contributed by atoms with van der Waals surface area (Å²) in [6.45, 7) is 8.99. The van der Waals surface area contributed by atoms with Crippen LogP contribution in [0.4, 0.5) is 0 Å². The fourth-order valence-electron chi connectivity index (χ4n) is 1.85. The first kappa shape index (κ1) is 16.7. The molecule has 20 heavy (non-hydrogen) atoms. The summed E-state index contributed by atoms with van der Waals surface area (Å²) in [6, 6.07) is 0. The van der Waals surface area contributed by atoms with Crippen molar-refractivity contribution in [2.75, 3.05) is 6.61 Å². The molecule has 1 fully saturated rings. The monoisotopic (exact) mass is 286 g/mol. The summed E-state index contributed by atoms with van der Waals surface area (Å²) >= 11 is 0. The molecule has 0 N–H and O–H groups in total. The van der Waals surface area contributed by atoms with Gasteiger partial charge in [-0.3, -0.25) is 9.59 Å². The zero-order valence-corrected chi connectivity index (χ0v) is 12.6. The van der Waals surface area contributed by atoms with Crippen molar-refractivity contribution in [2.45, 2.75) is 53.4 Å². The fourth-order valence-corrected chi connectivity index (χ4v) is 1.85. The van der Waals surface area contributed by atoms with Crippen LogP contribution in [0.5, 0.6) is 0 Å².